The number of thiazole rings is 1. The van der Waals surface area contributed by atoms with Gasteiger partial charge in [0.05, 0.1) is 10.2 Å². The Morgan fingerprint density at radius 1 is 1.32 bits per heavy atom. The molecule has 2 heterocycles. The van der Waals surface area contributed by atoms with Crippen LogP contribution in [-0.4, -0.2) is 28.9 Å². The number of hydrogen-bond donors (Lipinski definition) is 2. The second-order valence-electron chi connectivity index (χ2n) is 4.79. The molecule has 0 unspecified atom stereocenters. The summed E-state index contributed by atoms with van der Waals surface area (Å²) in [5.74, 6) is -0.836. The summed E-state index contributed by atoms with van der Waals surface area (Å²) in [6.07, 6.45) is 0.277. The lowest BCUT2D eigenvalue weighted by atomic mass is 10.1. The van der Waals surface area contributed by atoms with Crippen LogP contribution >= 0.6 is 11.3 Å². The average Bonchev–Trinajstić information content (AvgIpc) is 3.05. The molecule has 3 rings (SSSR count). The Balaban J connectivity index is 1.48. The van der Waals surface area contributed by atoms with Crippen LogP contribution in [0.5, 0.6) is 0 Å². The summed E-state index contributed by atoms with van der Waals surface area (Å²) in [6, 6.07) is 6.49. The molecule has 0 aliphatic carbocycles. The highest BCUT2D eigenvalue weighted by Gasteiger charge is 2.29. The number of rotatable bonds is 5. The quantitative estimate of drug-likeness (QED) is 0.640. The van der Waals surface area contributed by atoms with Gasteiger partial charge in [0.1, 0.15) is 17.7 Å². The predicted octanol–water partition coefficient (Wildman–Crippen LogP) is 1.33. The number of ether oxygens (including phenoxy) is 1. The molecule has 3 amide bonds. The van der Waals surface area contributed by atoms with Crippen molar-refractivity contribution >= 4 is 39.5 Å². The normalized spacial score (nSPS) is 17.4. The van der Waals surface area contributed by atoms with Crippen LogP contribution < -0.4 is 10.6 Å². The molecule has 1 aromatic carbocycles. The van der Waals surface area contributed by atoms with Crippen LogP contribution in [0, 0.1) is 0 Å². The highest BCUT2D eigenvalue weighted by Crippen LogP contribution is 2.22. The molecular formula is C14H13N3O4S. The zero-order valence-electron chi connectivity index (χ0n) is 11.5. The van der Waals surface area contributed by atoms with Crippen molar-refractivity contribution in [3.63, 3.8) is 0 Å². The highest BCUT2D eigenvalue weighted by molar-refractivity contribution is 7.18. The first-order chi connectivity index (χ1) is 10.6. The lowest BCUT2D eigenvalue weighted by molar-refractivity contribution is -0.145. The van der Waals surface area contributed by atoms with Crippen molar-refractivity contribution in [3.8, 4) is 0 Å². The summed E-state index contributed by atoms with van der Waals surface area (Å²) in [4.78, 5) is 38.3. The molecule has 0 spiro atoms. The molecule has 2 aromatic rings. The van der Waals surface area contributed by atoms with E-state index in [-0.39, 0.29) is 19.4 Å². The van der Waals surface area contributed by atoms with E-state index in [1.807, 2.05) is 24.3 Å². The van der Waals surface area contributed by atoms with Crippen LogP contribution in [0.15, 0.2) is 24.3 Å². The predicted molar refractivity (Wildman–Crippen MR) is 79.1 cm³/mol. The summed E-state index contributed by atoms with van der Waals surface area (Å²) in [7, 11) is 0. The zero-order valence-corrected chi connectivity index (χ0v) is 12.3. The van der Waals surface area contributed by atoms with Gasteiger partial charge in [0.25, 0.3) is 5.91 Å². The number of esters is 1. The summed E-state index contributed by atoms with van der Waals surface area (Å²) < 4.78 is 6.18. The number of amides is 3. The SMILES string of the molecule is O=C1NC(=O)[C@H](CCC(=O)OCc2nc3ccccc3s2)N1. The average molecular weight is 319 g/mol. The standard InChI is InChI=1S/C14H13N3O4S/c18-12(6-5-9-13(19)17-14(20)16-9)21-7-11-15-8-3-1-2-4-10(8)22-11/h1-4,9H,5-7H2,(H2,16,17,19,20)/t9-/m0/s1. The van der Waals surface area contributed by atoms with E-state index < -0.39 is 23.9 Å². The number of carbonyl (C=O) groups excluding carboxylic acids is 3. The first-order valence-corrected chi connectivity index (χ1v) is 7.55. The molecule has 1 atom stereocenters. The number of para-hydroxylation sites is 1. The fourth-order valence-corrected chi connectivity index (χ4v) is 3.00. The number of aromatic nitrogens is 1. The molecule has 8 heteroatoms. The van der Waals surface area contributed by atoms with Gasteiger partial charge in [0, 0.05) is 6.42 Å². The van der Waals surface area contributed by atoms with Gasteiger partial charge in [-0.1, -0.05) is 12.1 Å². The number of urea groups is 1. The second-order valence-corrected chi connectivity index (χ2v) is 5.91. The Kier molecular flexibility index (Phi) is 4.01. The Hall–Kier alpha value is -2.48. The van der Waals surface area contributed by atoms with Crippen LogP contribution in [0.3, 0.4) is 0 Å². The third kappa shape index (κ3) is 3.22. The van der Waals surface area contributed by atoms with E-state index in [1.165, 1.54) is 11.3 Å². The van der Waals surface area contributed by atoms with Crippen LogP contribution in [0.4, 0.5) is 4.79 Å². The van der Waals surface area contributed by atoms with Crippen molar-refractivity contribution in [1.82, 2.24) is 15.6 Å². The molecule has 114 valence electrons. The minimum Gasteiger partial charge on any atom is -0.458 e. The number of imide groups is 1. The fraction of sp³-hybridized carbons (Fsp3) is 0.286. The van der Waals surface area contributed by atoms with Crippen molar-refractivity contribution in [3.05, 3.63) is 29.3 Å². The minimum atomic E-state index is -0.664. The Bertz CT molecular complexity index is 710. The molecule has 7 nitrogen and oxygen atoms in total. The van der Waals surface area contributed by atoms with Crippen molar-refractivity contribution in [2.75, 3.05) is 0 Å². The highest BCUT2D eigenvalue weighted by atomic mass is 32.1. The van der Waals surface area contributed by atoms with Crippen LogP contribution in [0.25, 0.3) is 10.2 Å². The third-order valence-corrected chi connectivity index (χ3v) is 4.20. The van der Waals surface area contributed by atoms with E-state index in [1.54, 1.807) is 0 Å². The molecule has 1 fully saturated rings. The molecule has 2 N–H and O–H groups in total. The lowest BCUT2D eigenvalue weighted by Gasteiger charge is -2.06. The van der Waals surface area contributed by atoms with Gasteiger partial charge in [0.15, 0.2) is 0 Å². The second kappa shape index (κ2) is 6.10. The van der Waals surface area contributed by atoms with Crippen molar-refractivity contribution < 1.29 is 19.1 Å². The Morgan fingerprint density at radius 2 is 2.14 bits per heavy atom. The molecular weight excluding hydrogens is 306 g/mol. The molecule has 1 aliphatic heterocycles. The summed E-state index contributed by atoms with van der Waals surface area (Å²) in [5, 5.41) is 5.27. The summed E-state index contributed by atoms with van der Waals surface area (Å²) >= 11 is 1.47. The van der Waals surface area contributed by atoms with Gasteiger partial charge < -0.3 is 10.1 Å². The molecule has 1 aromatic heterocycles. The number of nitrogens with zero attached hydrogens (tertiary/aromatic N) is 1. The van der Waals surface area contributed by atoms with Crippen molar-refractivity contribution in [2.45, 2.75) is 25.5 Å². The van der Waals surface area contributed by atoms with Crippen LogP contribution in [0.2, 0.25) is 0 Å². The van der Waals surface area contributed by atoms with Gasteiger partial charge in [-0.25, -0.2) is 9.78 Å². The molecule has 1 aliphatic rings. The van der Waals surface area contributed by atoms with Crippen LogP contribution in [-0.2, 0) is 20.9 Å². The van der Waals surface area contributed by atoms with Gasteiger partial charge in [-0.05, 0) is 18.6 Å². The van der Waals surface area contributed by atoms with Crippen molar-refractivity contribution in [2.24, 2.45) is 0 Å². The van der Waals surface area contributed by atoms with Gasteiger partial charge in [0.2, 0.25) is 0 Å². The smallest absolute Gasteiger partial charge is 0.322 e. The van der Waals surface area contributed by atoms with Gasteiger partial charge in [-0.15, -0.1) is 11.3 Å². The molecule has 22 heavy (non-hydrogen) atoms. The van der Waals surface area contributed by atoms with Crippen molar-refractivity contribution in [1.29, 1.82) is 0 Å². The van der Waals surface area contributed by atoms with E-state index >= 15 is 0 Å². The number of nitrogens with one attached hydrogen (secondary N) is 2. The molecule has 1 saturated heterocycles. The topological polar surface area (TPSA) is 97.4 Å². The minimum absolute atomic E-state index is 0.0588. The molecule has 0 saturated carbocycles. The van der Waals surface area contributed by atoms with E-state index in [0.717, 1.165) is 15.2 Å². The summed E-state index contributed by atoms with van der Waals surface area (Å²) in [5.41, 5.74) is 0.879. The van der Waals surface area contributed by atoms with E-state index in [0.29, 0.717) is 0 Å². The maximum Gasteiger partial charge on any atom is 0.322 e. The first-order valence-electron chi connectivity index (χ1n) is 6.73. The number of hydrogen-bond acceptors (Lipinski definition) is 6. The van der Waals surface area contributed by atoms with Gasteiger partial charge >= 0.3 is 12.0 Å². The largest absolute Gasteiger partial charge is 0.458 e. The zero-order chi connectivity index (χ0) is 15.5. The maximum absolute atomic E-state index is 11.7. The third-order valence-electron chi connectivity index (χ3n) is 3.19. The Labute approximate surface area is 129 Å². The monoisotopic (exact) mass is 319 g/mol. The lowest BCUT2D eigenvalue weighted by Crippen LogP contribution is -2.29. The molecule has 0 radical (unpaired) electrons. The fourth-order valence-electron chi connectivity index (χ4n) is 2.12. The Morgan fingerprint density at radius 3 is 2.86 bits per heavy atom. The first kappa shape index (κ1) is 14.5. The number of fused-ring (bicyclic) bond motifs is 1. The van der Waals surface area contributed by atoms with Gasteiger partial charge in [-0.2, -0.15) is 0 Å². The number of carbonyl (C=O) groups is 3. The van der Waals surface area contributed by atoms with E-state index in [9.17, 15) is 14.4 Å². The van der Waals surface area contributed by atoms with Crippen LogP contribution in [0.1, 0.15) is 17.8 Å². The summed E-state index contributed by atoms with van der Waals surface area (Å²) in [6.45, 7) is 0.113. The number of benzene rings is 1. The van der Waals surface area contributed by atoms with Gasteiger partial charge in [-0.3, -0.25) is 14.9 Å². The van der Waals surface area contributed by atoms with E-state index in [4.69, 9.17) is 4.74 Å². The molecule has 0 bridgehead atoms. The maximum atomic E-state index is 11.7. The van der Waals surface area contributed by atoms with E-state index in [2.05, 4.69) is 15.6 Å².